The fraction of sp³-hybridized carbons (Fsp3) is 0.235. The van der Waals surface area contributed by atoms with Gasteiger partial charge in [-0.25, -0.2) is 9.67 Å². The van der Waals surface area contributed by atoms with Gasteiger partial charge in [0, 0.05) is 18.0 Å². The molecule has 5 nitrogen and oxygen atoms in total. The smallest absolute Gasteiger partial charge is 0.192 e. The second-order valence-corrected chi connectivity index (χ2v) is 5.58. The van der Waals surface area contributed by atoms with Gasteiger partial charge in [0.15, 0.2) is 11.3 Å². The monoisotopic (exact) mass is 294 g/mol. The summed E-state index contributed by atoms with van der Waals surface area (Å²) in [6.07, 6.45) is 1.70. The molecule has 0 atom stereocenters. The minimum absolute atomic E-state index is 0.0600. The van der Waals surface area contributed by atoms with E-state index in [0.29, 0.717) is 17.2 Å². The third kappa shape index (κ3) is 2.45. The first-order chi connectivity index (χ1) is 10.5. The van der Waals surface area contributed by atoms with Gasteiger partial charge in [-0.1, -0.05) is 12.1 Å². The summed E-state index contributed by atoms with van der Waals surface area (Å²) in [5, 5.41) is 4.48. The van der Waals surface area contributed by atoms with Crippen molar-refractivity contribution in [1.82, 2.24) is 19.7 Å². The molecule has 3 aromatic rings. The van der Waals surface area contributed by atoms with Crippen LogP contribution in [-0.2, 0) is 0 Å². The molecule has 0 amide bonds. The molecule has 0 saturated heterocycles. The second kappa shape index (κ2) is 5.26. The topological polar surface area (TPSA) is 63.6 Å². The molecule has 0 bridgehead atoms. The van der Waals surface area contributed by atoms with E-state index in [2.05, 4.69) is 27.2 Å². The minimum atomic E-state index is -0.0600. The van der Waals surface area contributed by atoms with Crippen molar-refractivity contribution in [3.05, 3.63) is 63.3 Å². The van der Waals surface area contributed by atoms with Crippen molar-refractivity contribution in [1.29, 1.82) is 0 Å². The second-order valence-electron chi connectivity index (χ2n) is 5.58. The zero-order valence-electron chi connectivity index (χ0n) is 13.1. The number of benzene rings is 1. The van der Waals surface area contributed by atoms with E-state index < -0.39 is 0 Å². The number of nitrogens with one attached hydrogen (secondary N) is 1. The molecule has 0 radical (unpaired) electrons. The van der Waals surface area contributed by atoms with Crippen molar-refractivity contribution in [3.63, 3.8) is 0 Å². The van der Waals surface area contributed by atoms with Gasteiger partial charge in [0.2, 0.25) is 0 Å². The zero-order valence-corrected chi connectivity index (χ0v) is 13.1. The standard InChI is InChI=1S/C17H18N4O/c1-10-5-6-11(2)15(7-10)21-17(19-13(4)20-21)14-9-18-12(3)8-16(14)22/h5-9H,1-4H3,(H,18,22). The molecular formula is C17H18N4O. The Labute approximate surface area is 128 Å². The number of aromatic amines is 1. The van der Waals surface area contributed by atoms with Gasteiger partial charge in [0.25, 0.3) is 0 Å². The Morgan fingerprint density at radius 3 is 2.59 bits per heavy atom. The molecule has 1 aromatic carbocycles. The highest BCUT2D eigenvalue weighted by Crippen LogP contribution is 2.21. The van der Waals surface area contributed by atoms with Crippen LogP contribution in [0.25, 0.3) is 17.1 Å². The van der Waals surface area contributed by atoms with Gasteiger partial charge < -0.3 is 4.98 Å². The molecular weight excluding hydrogens is 276 g/mol. The molecule has 0 fully saturated rings. The molecule has 0 spiro atoms. The SMILES string of the molecule is Cc1ccc(C)c(-n2nc(C)nc2-c2c[nH]c(C)cc2=O)c1. The normalized spacial score (nSPS) is 10.9. The lowest BCUT2D eigenvalue weighted by Gasteiger charge is -2.10. The highest BCUT2D eigenvalue weighted by atomic mass is 16.1. The summed E-state index contributed by atoms with van der Waals surface area (Å²) in [4.78, 5) is 19.8. The van der Waals surface area contributed by atoms with Crippen LogP contribution in [0.15, 0.2) is 35.3 Å². The van der Waals surface area contributed by atoms with Crippen molar-refractivity contribution < 1.29 is 0 Å². The summed E-state index contributed by atoms with van der Waals surface area (Å²) in [6, 6.07) is 7.73. The number of pyridine rings is 1. The number of nitrogens with zero attached hydrogens (tertiary/aromatic N) is 3. The molecule has 0 unspecified atom stereocenters. The lowest BCUT2D eigenvalue weighted by Crippen LogP contribution is -2.10. The first-order valence-corrected chi connectivity index (χ1v) is 7.16. The lowest BCUT2D eigenvalue weighted by atomic mass is 10.1. The largest absolute Gasteiger partial charge is 0.364 e. The molecule has 0 aliphatic carbocycles. The molecule has 2 aromatic heterocycles. The van der Waals surface area contributed by atoms with Crippen LogP contribution < -0.4 is 5.43 Å². The van der Waals surface area contributed by atoms with Crippen LogP contribution in [0.4, 0.5) is 0 Å². The minimum Gasteiger partial charge on any atom is -0.364 e. The molecule has 0 saturated carbocycles. The molecule has 2 heterocycles. The van der Waals surface area contributed by atoms with E-state index in [0.717, 1.165) is 22.5 Å². The van der Waals surface area contributed by atoms with Crippen molar-refractivity contribution >= 4 is 0 Å². The maximum atomic E-state index is 12.3. The number of aryl methyl sites for hydroxylation is 4. The van der Waals surface area contributed by atoms with Crippen molar-refractivity contribution in [2.24, 2.45) is 0 Å². The molecule has 1 N–H and O–H groups in total. The van der Waals surface area contributed by atoms with E-state index in [1.807, 2.05) is 33.8 Å². The first kappa shape index (κ1) is 14.3. The number of H-pyrrole nitrogens is 1. The summed E-state index contributed by atoms with van der Waals surface area (Å²) in [7, 11) is 0. The average Bonchev–Trinajstić information content (AvgIpc) is 2.83. The Hall–Kier alpha value is -2.69. The summed E-state index contributed by atoms with van der Waals surface area (Å²) >= 11 is 0. The first-order valence-electron chi connectivity index (χ1n) is 7.16. The van der Waals surface area contributed by atoms with Crippen molar-refractivity contribution in [2.45, 2.75) is 27.7 Å². The maximum absolute atomic E-state index is 12.3. The van der Waals surface area contributed by atoms with E-state index in [4.69, 9.17) is 0 Å². The average molecular weight is 294 g/mol. The molecule has 5 heteroatoms. The third-order valence-electron chi connectivity index (χ3n) is 3.60. The van der Waals surface area contributed by atoms with Gasteiger partial charge in [0.1, 0.15) is 5.82 Å². The Kier molecular flexibility index (Phi) is 3.41. The van der Waals surface area contributed by atoms with Crippen molar-refractivity contribution in [3.8, 4) is 17.1 Å². The van der Waals surface area contributed by atoms with Gasteiger partial charge in [-0.15, -0.1) is 0 Å². The van der Waals surface area contributed by atoms with Gasteiger partial charge in [-0.3, -0.25) is 4.79 Å². The number of hydrogen-bond donors (Lipinski definition) is 1. The molecule has 0 aliphatic rings. The van der Waals surface area contributed by atoms with E-state index in [-0.39, 0.29) is 5.43 Å². The summed E-state index contributed by atoms with van der Waals surface area (Å²) in [5.74, 6) is 1.20. The van der Waals surface area contributed by atoms with Gasteiger partial charge in [-0.05, 0) is 44.9 Å². The van der Waals surface area contributed by atoms with Crippen LogP contribution in [0.3, 0.4) is 0 Å². The van der Waals surface area contributed by atoms with Crippen LogP contribution in [0.2, 0.25) is 0 Å². The highest BCUT2D eigenvalue weighted by Gasteiger charge is 2.16. The Balaban J connectivity index is 2.27. The van der Waals surface area contributed by atoms with E-state index in [1.165, 1.54) is 0 Å². The summed E-state index contributed by atoms with van der Waals surface area (Å²) < 4.78 is 1.75. The van der Waals surface area contributed by atoms with Crippen LogP contribution >= 0.6 is 0 Å². The van der Waals surface area contributed by atoms with E-state index in [1.54, 1.807) is 16.9 Å². The van der Waals surface area contributed by atoms with Crippen molar-refractivity contribution in [2.75, 3.05) is 0 Å². The predicted octanol–water partition coefficient (Wildman–Crippen LogP) is 2.86. The fourth-order valence-corrected chi connectivity index (χ4v) is 2.45. The van der Waals surface area contributed by atoms with Crippen LogP contribution in [-0.4, -0.2) is 19.7 Å². The zero-order chi connectivity index (χ0) is 15.9. The Morgan fingerprint density at radius 1 is 1.09 bits per heavy atom. The van der Waals surface area contributed by atoms with E-state index >= 15 is 0 Å². The molecule has 3 rings (SSSR count). The summed E-state index contributed by atoms with van der Waals surface area (Å²) in [6.45, 7) is 7.74. The molecule has 22 heavy (non-hydrogen) atoms. The molecule has 0 aliphatic heterocycles. The maximum Gasteiger partial charge on any atom is 0.192 e. The quantitative estimate of drug-likeness (QED) is 0.790. The predicted molar refractivity (Wildman–Crippen MR) is 86.4 cm³/mol. The van der Waals surface area contributed by atoms with E-state index in [9.17, 15) is 4.79 Å². The fourth-order valence-electron chi connectivity index (χ4n) is 2.45. The Morgan fingerprint density at radius 2 is 1.86 bits per heavy atom. The number of rotatable bonds is 2. The Bertz CT molecular complexity index is 905. The third-order valence-corrected chi connectivity index (χ3v) is 3.60. The molecule has 112 valence electrons. The highest BCUT2D eigenvalue weighted by molar-refractivity contribution is 5.58. The lowest BCUT2D eigenvalue weighted by molar-refractivity contribution is 0.859. The number of hydrogen-bond acceptors (Lipinski definition) is 3. The summed E-state index contributed by atoms with van der Waals surface area (Å²) in [5.41, 5.74) is 4.44. The number of aromatic nitrogens is 4. The van der Waals surface area contributed by atoms with Crippen LogP contribution in [0, 0.1) is 27.7 Å². The van der Waals surface area contributed by atoms with Gasteiger partial charge >= 0.3 is 0 Å². The van der Waals surface area contributed by atoms with Crippen LogP contribution in [0.1, 0.15) is 22.6 Å². The van der Waals surface area contributed by atoms with Gasteiger partial charge in [-0.2, -0.15) is 5.10 Å². The van der Waals surface area contributed by atoms with Crippen LogP contribution in [0.5, 0.6) is 0 Å². The van der Waals surface area contributed by atoms with Gasteiger partial charge in [0.05, 0.1) is 11.3 Å².